The van der Waals surface area contributed by atoms with Crippen LogP contribution in [-0.2, 0) is 0 Å². The Hall–Kier alpha value is -1.79. The van der Waals surface area contributed by atoms with E-state index in [9.17, 15) is 17.7 Å². The highest BCUT2D eigenvalue weighted by atomic mass is 19.4. The average molecular weight is 215 g/mol. The van der Waals surface area contributed by atoms with Crippen molar-refractivity contribution in [2.24, 2.45) is 5.73 Å². The van der Waals surface area contributed by atoms with Crippen molar-refractivity contribution >= 4 is 19.0 Å². The van der Waals surface area contributed by atoms with E-state index in [1.807, 2.05) is 0 Å². The number of nitrogens with zero attached hydrogens (tertiary/aromatic N) is 1. The lowest BCUT2D eigenvalue weighted by atomic mass is 9.91. The van der Waals surface area contributed by atoms with Crippen molar-refractivity contribution in [3.05, 3.63) is 35.6 Å². The third-order valence-corrected chi connectivity index (χ3v) is 1.56. The van der Waals surface area contributed by atoms with Gasteiger partial charge in [-0.2, -0.15) is 0 Å². The normalized spacial score (nSPS) is 11.9. The number of hydrogen-bond acceptors (Lipinski definition) is 2. The summed E-state index contributed by atoms with van der Waals surface area (Å²) in [7, 11) is 0. The molecule has 0 atom stereocenters. The minimum absolute atomic E-state index is 0.124. The Balaban J connectivity index is 2.82. The van der Waals surface area contributed by atoms with E-state index in [-0.39, 0.29) is 17.2 Å². The third-order valence-electron chi connectivity index (χ3n) is 1.56. The number of nitrogens with two attached hydrogens (primary N) is 1. The Bertz CT molecular complexity index is 386. The molecule has 1 rings (SSSR count). The molecule has 2 N–H and O–H groups in total. The smallest absolute Gasteiger partial charge is 0.445 e. The molecule has 1 aromatic heterocycles. The highest BCUT2D eigenvalue weighted by Gasteiger charge is 2.17. The van der Waals surface area contributed by atoms with Crippen LogP contribution in [0.2, 0.25) is 0 Å². The number of primary amides is 1. The lowest BCUT2D eigenvalue weighted by molar-refractivity contribution is 0.1000. The Kier molecular flexibility index (Phi) is 3.13. The van der Waals surface area contributed by atoms with E-state index in [0.717, 1.165) is 12.3 Å². The van der Waals surface area contributed by atoms with Gasteiger partial charge >= 0.3 is 6.98 Å². The molecule has 0 saturated heterocycles. The average Bonchev–Trinajstić information content (AvgIpc) is 2.14. The molecular weight excluding hydrogens is 208 g/mol. The molecule has 0 fully saturated rings. The van der Waals surface area contributed by atoms with Crippen molar-refractivity contribution < 1.29 is 17.7 Å². The molecule has 0 unspecified atom stereocenters. The van der Waals surface area contributed by atoms with Gasteiger partial charge in [0.15, 0.2) is 0 Å². The summed E-state index contributed by atoms with van der Waals surface area (Å²) in [6.07, 6.45) is 1.97. The van der Waals surface area contributed by atoms with E-state index in [1.54, 1.807) is 0 Å². The van der Waals surface area contributed by atoms with Crippen molar-refractivity contribution in [2.45, 2.75) is 0 Å². The molecule has 1 aromatic rings. The molecule has 0 aliphatic rings. The van der Waals surface area contributed by atoms with E-state index in [2.05, 4.69) is 4.98 Å². The molecule has 1 heterocycles. The molecule has 0 saturated carbocycles. The quantitative estimate of drug-likeness (QED) is 0.778. The number of carbonyl (C=O) groups is 1. The van der Waals surface area contributed by atoms with Gasteiger partial charge in [-0.15, -0.1) is 5.98 Å². The number of rotatable bonds is 3. The van der Waals surface area contributed by atoms with Gasteiger partial charge in [-0.3, -0.25) is 9.78 Å². The number of hydrogen-bond donors (Lipinski definition) is 1. The van der Waals surface area contributed by atoms with E-state index < -0.39 is 12.9 Å². The summed E-state index contributed by atoms with van der Waals surface area (Å²) in [5.74, 6) is -0.537. The second-order valence-electron chi connectivity index (χ2n) is 2.82. The van der Waals surface area contributed by atoms with Gasteiger partial charge in [0.05, 0.1) is 11.3 Å². The zero-order valence-corrected chi connectivity index (χ0v) is 7.53. The lowest BCUT2D eigenvalue weighted by Crippen LogP contribution is -2.11. The first-order valence-corrected chi connectivity index (χ1v) is 4.03. The first kappa shape index (κ1) is 11.3. The number of aromatic nitrogens is 1. The topological polar surface area (TPSA) is 56.0 Å². The molecule has 80 valence electrons. The predicted molar refractivity (Wildman–Crippen MR) is 50.9 cm³/mol. The van der Waals surface area contributed by atoms with Gasteiger partial charge in [0.1, 0.15) is 0 Å². The van der Waals surface area contributed by atoms with Gasteiger partial charge in [0.25, 0.3) is 0 Å². The second-order valence-corrected chi connectivity index (χ2v) is 2.82. The summed E-state index contributed by atoms with van der Waals surface area (Å²) in [6, 6.07) is 2.61. The van der Waals surface area contributed by atoms with Crippen LogP contribution in [0.15, 0.2) is 24.3 Å². The summed E-state index contributed by atoms with van der Waals surface area (Å²) < 4.78 is 35.5. The van der Waals surface area contributed by atoms with Gasteiger partial charge in [0, 0.05) is 6.20 Å². The van der Waals surface area contributed by atoms with Crippen LogP contribution in [0.3, 0.4) is 0 Å². The number of pyridine rings is 1. The summed E-state index contributed by atoms with van der Waals surface area (Å²) in [6.45, 7) is -4.96. The standard InChI is InChI=1S/C8H7BF3N2O/c10-9(11,12)4-3-7-2-1-6(5-14-7)8(13)15/h1-5H,(H2,13,15)/q-1/b4-3+. The van der Waals surface area contributed by atoms with Gasteiger partial charge in [0.2, 0.25) is 5.91 Å². The van der Waals surface area contributed by atoms with Gasteiger partial charge in [-0.25, -0.2) is 0 Å². The molecule has 0 aliphatic heterocycles. The highest BCUT2D eigenvalue weighted by molar-refractivity contribution is 6.64. The monoisotopic (exact) mass is 215 g/mol. The summed E-state index contributed by atoms with van der Waals surface area (Å²) in [5, 5.41) is 0. The molecular formula is C8H7BF3N2O-. The van der Waals surface area contributed by atoms with Crippen molar-refractivity contribution in [3.8, 4) is 0 Å². The van der Waals surface area contributed by atoms with Crippen LogP contribution in [0.4, 0.5) is 12.9 Å². The number of amides is 1. The Morgan fingerprint density at radius 2 is 2.07 bits per heavy atom. The fourth-order valence-corrected chi connectivity index (χ4v) is 0.857. The van der Waals surface area contributed by atoms with Crippen molar-refractivity contribution in [1.82, 2.24) is 4.98 Å². The SMILES string of the molecule is NC(=O)c1ccc(/C=C/[B-](F)(F)F)nc1. The van der Waals surface area contributed by atoms with Crippen LogP contribution in [0.1, 0.15) is 16.1 Å². The molecule has 3 nitrogen and oxygen atoms in total. The van der Waals surface area contributed by atoms with Crippen LogP contribution in [0, 0.1) is 0 Å². The maximum Gasteiger partial charge on any atom is 0.502 e. The first-order valence-electron chi connectivity index (χ1n) is 4.03. The molecule has 0 radical (unpaired) electrons. The van der Waals surface area contributed by atoms with Crippen molar-refractivity contribution in [3.63, 3.8) is 0 Å². The zero-order valence-electron chi connectivity index (χ0n) is 7.53. The highest BCUT2D eigenvalue weighted by Crippen LogP contribution is 2.11. The Morgan fingerprint density at radius 1 is 1.40 bits per heavy atom. The number of halogens is 3. The van der Waals surface area contributed by atoms with Crippen LogP contribution >= 0.6 is 0 Å². The summed E-state index contributed by atoms with van der Waals surface area (Å²) in [5.41, 5.74) is 5.21. The minimum atomic E-state index is -4.96. The predicted octanol–water partition coefficient (Wildman–Crippen LogP) is 1.58. The van der Waals surface area contributed by atoms with Crippen LogP contribution < -0.4 is 5.73 Å². The van der Waals surface area contributed by atoms with Crippen LogP contribution in [-0.4, -0.2) is 17.9 Å². The Labute approximate surface area is 83.9 Å². The number of carbonyl (C=O) groups excluding carboxylic acids is 1. The molecule has 0 bridgehead atoms. The fourth-order valence-electron chi connectivity index (χ4n) is 0.857. The van der Waals surface area contributed by atoms with Crippen molar-refractivity contribution in [2.75, 3.05) is 0 Å². The van der Waals surface area contributed by atoms with E-state index >= 15 is 0 Å². The van der Waals surface area contributed by atoms with Crippen molar-refractivity contribution in [1.29, 1.82) is 0 Å². The van der Waals surface area contributed by atoms with Crippen LogP contribution in [0.25, 0.3) is 6.08 Å². The fraction of sp³-hybridized carbons (Fsp3) is 0. The third kappa shape index (κ3) is 3.84. The Morgan fingerprint density at radius 3 is 2.47 bits per heavy atom. The molecule has 0 spiro atoms. The molecule has 7 heteroatoms. The maximum atomic E-state index is 11.8. The first-order chi connectivity index (χ1) is 6.88. The second kappa shape index (κ2) is 4.16. The zero-order chi connectivity index (χ0) is 11.5. The minimum Gasteiger partial charge on any atom is -0.445 e. The molecule has 1 amide bonds. The van der Waals surface area contributed by atoms with E-state index in [0.29, 0.717) is 0 Å². The van der Waals surface area contributed by atoms with Gasteiger partial charge in [-0.1, -0.05) is 6.08 Å². The molecule has 15 heavy (non-hydrogen) atoms. The van der Waals surface area contributed by atoms with E-state index in [4.69, 9.17) is 5.73 Å². The van der Waals surface area contributed by atoms with E-state index in [1.165, 1.54) is 12.1 Å². The maximum absolute atomic E-state index is 11.8. The van der Waals surface area contributed by atoms with Crippen LogP contribution in [0.5, 0.6) is 0 Å². The van der Waals surface area contributed by atoms with Gasteiger partial charge < -0.3 is 18.7 Å². The van der Waals surface area contributed by atoms with Gasteiger partial charge in [-0.05, 0) is 12.1 Å². The lowest BCUT2D eigenvalue weighted by Gasteiger charge is -2.05. The largest absolute Gasteiger partial charge is 0.502 e. The molecule has 0 aliphatic carbocycles. The summed E-state index contributed by atoms with van der Waals surface area (Å²) >= 11 is 0. The molecule has 0 aromatic carbocycles. The summed E-state index contributed by atoms with van der Waals surface area (Å²) in [4.78, 5) is 14.2.